The third-order valence-electron chi connectivity index (χ3n) is 7.42. The predicted octanol–water partition coefficient (Wildman–Crippen LogP) is 7.62. The van der Waals surface area contributed by atoms with Gasteiger partial charge in [0.2, 0.25) is 5.91 Å². The van der Waals surface area contributed by atoms with Crippen LogP contribution in [0.25, 0.3) is 6.08 Å². The molecule has 12 heteroatoms. The number of ether oxygens (including phenoxy) is 1. The van der Waals surface area contributed by atoms with Crippen molar-refractivity contribution in [3.63, 3.8) is 0 Å². The van der Waals surface area contributed by atoms with Crippen molar-refractivity contribution in [1.29, 1.82) is 0 Å². The molecule has 0 saturated carbocycles. The average Bonchev–Trinajstić information content (AvgIpc) is 3.47. The van der Waals surface area contributed by atoms with E-state index in [0.717, 1.165) is 16.9 Å². The third kappa shape index (κ3) is 9.59. The van der Waals surface area contributed by atoms with Crippen molar-refractivity contribution in [2.45, 2.75) is 24.0 Å². The first-order valence-corrected chi connectivity index (χ1v) is 17.4. The van der Waals surface area contributed by atoms with Gasteiger partial charge in [-0.2, -0.15) is 0 Å². The van der Waals surface area contributed by atoms with Crippen molar-refractivity contribution in [2.75, 3.05) is 23.1 Å². The average molecular weight is 719 g/mol. The second kappa shape index (κ2) is 17.1. The second-order valence-electron chi connectivity index (χ2n) is 11.1. The Bertz CT molecular complexity index is 2080. The number of amides is 4. The first-order chi connectivity index (χ1) is 24.6. The van der Waals surface area contributed by atoms with E-state index < -0.39 is 34.8 Å². The lowest BCUT2D eigenvalue weighted by Crippen LogP contribution is -2.30. The minimum atomic E-state index is -0.679. The highest BCUT2D eigenvalue weighted by molar-refractivity contribution is 8.00. The van der Waals surface area contributed by atoms with Crippen LogP contribution in [0.4, 0.5) is 16.4 Å². The normalized spacial score (nSPS) is 11.5. The van der Waals surface area contributed by atoms with Gasteiger partial charge in [-0.15, -0.1) is 23.1 Å². The van der Waals surface area contributed by atoms with Crippen LogP contribution in [-0.2, 0) is 14.3 Å². The van der Waals surface area contributed by atoms with Crippen LogP contribution >= 0.6 is 23.1 Å². The van der Waals surface area contributed by atoms with E-state index >= 15 is 0 Å². The zero-order valence-corrected chi connectivity index (χ0v) is 29.5. The van der Waals surface area contributed by atoms with Gasteiger partial charge < -0.3 is 26.0 Å². The van der Waals surface area contributed by atoms with E-state index in [4.69, 9.17) is 4.74 Å². The molecule has 0 fully saturated rings. The molecule has 0 saturated heterocycles. The molecule has 0 aliphatic rings. The molecule has 51 heavy (non-hydrogen) atoms. The van der Waals surface area contributed by atoms with E-state index in [0.29, 0.717) is 27.4 Å². The van der Waals surface area contributed by atoms with Crippen molar-refractivity contribution < 1.29 is 28.7 Å². The van der Waals surface area contributed by atoms with Gasteiger partial charge in [0.25, 0.3) is 17.7 Å². The van der Waals surface area contributed by atoms with Crippen LogP contribution in [0.5, 0.6) is 0 Å². The summed E-state index contributed by atoms with van der Waals surface area (Å²) in [5, 5.41) is 10.7. The highest BCUT2D eigenvalue weighted by Gasteiger charge is 2.28. The minimum absolute atomic E-state index is 0.0466. The van der Waals surface area contributed by atoms with Gasteiger partial charge in [0.15, 0.2) is 0 Å². The number of thiophene rings is 1. The van der Waals surface area contributed by atoms with Gasteiger partial charge in [-0.1, -0.05) is 72.8 Å². The zero-order chi connectivity index (χ0) is 36.3. The summed E-state index contributed by atoms with van der Waals surface area (Å²) in [5.74, 6) is -2.48. The topological polar surface area (TPSA) is 143 Å². The Kier molecular flexibility index (Phi) is 12.2. The SMILES string of the molecule is COC(=O)c1c(NC(=O)C(C)Sc2cccc(NC(=O)/C(=C/c3ccccc3)NC(=O)c3ccccc3)c2)sc(C(=O)Nc2ccccc2)c1C. The molecule has 1 atom stereocenters. The van der Waals surface area contributed by atoms with Crippen LogP contribution < -0.4 is 21.3 Å². The quantitative estimate of drug-likeness (QED) is 0.0591. The molecule has 0 aliphatic carbocycles. The van der Waals surface area contributed by atoms with Gasteiger partial charge in [-0.3, -0.25) is 19.2 Å². The third-order valence-corrected chi connectivity index (χ3v) is 9.72. The van der Waals surface area contributed by atoms with E-state index in [1.54, 1.807) is 98.8 Å². The van der Waals surface area contributed by atoms with E-state index in [9.17, 15) is 24.0 Å². The Morgan fingerprint density at radius 3 is 2.04 bits per heavy atom. The molecule has 4 amide bonds. The standard InChI is InChI=1S/C39H34N4O6S2/c1-24-32(39(48)49-3)38(51-33(24)37(47)40-28-18-11-6-12-19-28)43-34(44)25(2)50-30-21-13-20-29(23-30)41-36(46)31(22-26-14-7-4-8-15-26)42-35(45)27-16-9-5-10-17-27/h4-23,25H,1-3H3,(H,40,47)(H,41,46)(H,42,45)(H,43,44)/b31-22-. The molecule has 4 aromatic carbocycles. The molecule has 1 heterocycles. The minimum Gasteiger partial charge on any atom is -0.465 e. The van der Waals surface area contributed by atoms with Crippen LogP contribution in [0.1, 0.15) is 48.4 Å². The molecule has 0 bridgehead atoms. The molecule has 5 rings (SSSR count). The van der Waals surface area contributed by atoms with Crippen LogP contribution in [0, 0.1) is 6.92 Å². The van der Waals surface area contributed by atoms with Crippen molar-refractivity contribution in [3.05, 3.63) is 148 Å². The van der Waals surface area contributed by atoms with E-state index in [-0.39, 0.29) is 21.1 Å². The fraction of sp³-hybridized carbons (Fsp3) is 0.103. The number of carbonyl (C=O) groups excluding carboxylic acids is 5. The van der Waals surface area contributed by atoms with Gasteiger partial charge in [0, 0.05) is 21.8 Å². The summed E-state index contributed by atoms with van der Waals surface area (Å²) in [5.41, 5.74) is 2.70. The maximum atomic E-state index is 13.5. The summed E-state index contributed by atoms with van der Waals surface area (Å²) in [6.07, 6.45) is 1.59. The van der Waals surface area contributed by atoms with Crippen LogP contribution in [-0.4, -0.2) is 42.0 Å². The maximum absolute atomic E-state index is 13.5. The molecule has 5 aromatic rings. The molecule has 258 valence electrons. The largest absolute Gasteiger partial charge is 0.465 e. The Morgan fingerprint density at radius 1 is 0.745 bits per heavy atom. The lowest BCUT2D eigenvalue weighted by molar-refractivity contribution is -0.115. The number of carbonyl (C=O) groups is 5. The number of benzene rings is 4. The Labute approximate surface area is 303 Å². The summed E-state index contributed by atoms with van der Waals surface area (Å²) in [7, 11) is 1.23. The Hall–Kier alpha value is -5.98. The number of nitrogens with one attached hydrogen (secondary N) is 4. The van der Waals surface area contributed by atoms with Gasteiger partial charge in [0.05, 0.1) is 22.8 Å². The molecule has 10 nitrogen and oxygen atoms in total. The fourth-order valence-electron chi connectivity index (χ4n) is 4.85. The number of methoxy groups -OCH3 is 1. The molecule has 0 radical (unpaired) electrons. The zero-order valence-electron chi connectivity index (χ0n) is 27.9. The van der Waals surface area contributed by atoms with E-state index in [2.05, 4.69) is 21.3 Å². The first kappa shape index (κ1) is 36.3. The number of esters is 1. The van der Waals surface area contributed by atoms with Gasteiger partial charge in [0.1, 0.15) is 10.7 Å². The summed E-state index contributed by atoms with van der Waals surface area (Å²) in [4.78, 5) is 66.6. The van der Waals surface area contributed by atoms with E-state index in [1.165, 1.54) is 18.9 Å². The molecule has 0 aliphatic heterocycles. The number of thioether (sulfide) groups is 1. The second-order valence-corrected chi connectivity index (χ2v) is 13.5. The molecule has 0 spiro atoms. The highest BCUT2D eigenvalue weighted by atomic mass is 32.2. The van der Waals surface area contributed by atoms with Gasteiger partial charge in [-0.25, -0.2) is 4.79 Å². The number of anilines is 3. The molecular formula is C39H34N4O6S2. The molecule has 1 aromatic heterocycles. The number of para-hydroxylation sites is 1. The summed E-state index contributed by atoms with van der Waals surface area (Å²) < 4.78 is 4.96. The summed E-state index contributed by atoms with van der Waals surface area (Å²) >= 11 is 2.22. The lowest BCUT2D eigenvalue weighted by atomic mass is 10.1. The maximum Gasteiger partial charge on any atom is 0.341 e. The molecule has 4 N–H and O–H groups in total. The Balaban J connectivity index is 1.29. The number of hydrogen-bond acceptors (Lipinski definition) is 8. The fourth-order valence-corrected chi connectivity index (χ4v) is 6.87. The van der Waals surface area contributed by atoms with E-state index in [1.807, 2.05) is 36.4 Å². The van der Waals surface area contributed by atoms with Crippen molar-refractivity contribution in [1.82, 2.24) is 5.32 Å². The monoisotopic (exact) mass is 718 g/mol. The summed E-state index contributed by atoms with van der Waals surface area (Å²) in [6, 6.07) is 33.6. The van der Waals surface area contributed by atoms with Gasteiger partial charge >= 0.3 is 5.97 Å². The number of rotatable bonds is 12. The van der Waals surface area contributed by atoms with Crippen LogP contribution in [0.15, 0.2) is 126 Å². The van der Waals surface area contributed by atoms with Crippen molar-refractivity contribution >= 4 is 75.1 Å². The first-order valence-electron chi connectivity index (χ1n) is 15.7. The molecular weight excluding hydrogens is 685 g/mol. The van der Waals surface area contributed by atoms with Crippen molar-refractivity contribution in [3.8, 4) is 0 Å². The highest BCUT2D eigenvalue weighted by Crippen LogP contribution is 2.35. The van der Waals surface area contributed by atoms with Gasteiger partial charge in [-0.05, 0) is 73.5 Å². The smallest absolute Gasteiger partial charge is 0.341 e. The van der Waals surface area contributed by atoms with Crippen molar-refractivity contribution in [2.24, 2.45) is 0 Å². The van der Waals surface area contributed by atoms with Crippen LogP contribution in [0.3, 0.4) is 0 Å². The van der Waals surface area contributed by atoms with Crippen LogP contribution in [0.2, 0.25) is 0 Å². The summed E-state index contributed by atoms with van der Waals surface area (Å²) in [6.45, 7) is 3.33. The predicted molar refractivity (Wildman–Crippen MR) is 202 cm³/mol. The number of hydrogen-bond donors (Lipinski definition) is 4. The lowest BCUT2D eigenvalue weighted by Gasteiger charge is -2.14. The molecule has 1 unspecified atom stereocenters. The Morgan fingerprint density at radius 2 is 1.37 bits per heavy atom.